The molecule has 0 saturated carbocycles. The van der Waals surface area contributed by atoms with Crippen molar-refractivity contribution in [3.63, 3.8) is 0 Å². The molecular weight excluding hydrogens is 230 g/mol. The van der Waals surface area contributed by atoms with Crippen LogP contribution in [-0.2, 0) is 9.53 Å². The fraction of sp³-hybridized carbons (Fsp3) is 0.923. The van der Waals surface area contributed by atoms with Gasteiger partial charge in [-0.2, -0.15) is 0 Å². The third-order valence-electron chi connectivity index (χ3n) is 3.14. The lowest BCUT2D eigenvalue weighted by atomic mass is 10.0. The van der Waals surface area contributed by atoms with Crippen LogP contribution in [0, 0.1) is 5.92 Å². The summed E-state index contributed by atoms with van der Waals surface area (Å²) in [5.41, 5.74) is 0. The van der Waals surface area contributed by atoms with Gasteiger partial charge in [-0.3, -0.25) is 4.79 Å². The van der Waals surface area contributed by atoms with Gasteiger partial charge in [0.05, 0.1) is 13.2 Å². The molecule has 18 heavy (non-hydrogen) atoms. The highest BCUT2D eigenvalue weighted by Crippen LogP contribution is 2.05. The van der Waals surface area contributed by atoms with Gasteiger partial charge in [0.15, 0.2) is 0 Å². The normalized spacial score (nSPS) is 22.2. The number of carbonyl (C=O) groups excluding carboxylic acids is 1. The number of rotatable bonds is 6. The van der Waals surface area contributed by atoms with Gasteiger partial charge < -0.3 is 20.3 Å². The number of likely N-dealkylation sites (N-methyl/N-ethyl adjacent to an activating group) is 1. The fourth-order valence-electron chi connectivity index (χ4n) is 2.06. The van der Waals surface area contributed by atoms with Crippen LogP contribution in [0.1, 0.15) is 20.3 Å². The standard InChI is InChI=1S/C13H27N3O2/c1-10(2)12(8-16(3)4)15-13(17)7-11-9-18-6-5-14-11/h10-12,14H,5-9H2,1-4H3,(H,15,17). The molecule has 5 nitrogen and oxygen atoms in total. The maximum absolute atomic E-state index is 12.0. The number of ether oxygens (including phenoxy) is 1. The monoisotopic (exact) mass is 257 g/mol. The van der Waals surface area contributed by atoms with Gasteiger partial charge in [-0.05, 0) is 20.0 Å². The van der Waals surface area contributed by atoms with Crippen LogP contribution in [0.5, 0.6) is 0 Å². The highest BCUT2D eigenvalue weighted by molar-refractivity contribution is 5.77. The third kappa shape index (κ3) is 5.80. The zero-order valence-corrected chi connectivity index (χ0v) is 12.0. The molecule has 1 aliphatic heterocycles. The van der Waals surface area contributed by atoms with E-state index >= 15 is 0 Å². The topological polar surface area (TPSA) is 53.6 Å². The molecule has 1 aliphatic rings. The summed E-state index contributed by atoms with van der Waals surface area (Å²) in [4.78, 5) is 14.1. The molecule has 1 rings (SSSR count). The first-order valence-corrected chi connectivity index (χ1v) is 6.74. The Labute approximate surface area is 110 Å². The molecule has 106 valence electrons. The molecule has 1 heterocycles. The predicted molar refractivity (Wildman–Crippen MR) is 72.5 cm³/mol. The molecule has 2 unspecified atom stereocenters. The second-order valence-corrected chi connectivity index (χ2v) is 5.61. The summed E-state index contributed by atoms with van der Waals surface area (Å²) in [5, 5.41) is 6.42. The molecular formula is C13H27N3O2. The Kier molecular flexibility index (Phi) is 6.60. The van der Waals surface area contributed by atoms with Crippen molar-refractivity contribution in [2.45, 2.75) is 32.4 Å². The summed E-state index contributed by atoms with van der Waals surface area (Å²) >= 11 is 0. The minimum absolute atomic E-state index is 0.110. The highest BCUT2D eigenvalue weighted by Gasteiger charge is 2.21. The van der Waals surface area contributed by atoms with Crippen molar-refractivity contribution in [2.24, 2.45) is 5.92 Å². The van der Waals surface area contributed by atoms with E-state index in [9.17, 15) is 4.79 Å². The molecule has 0 radical (unpaired) electrons. The first-order chi connectivity index (χ1) is 8.49. The van der Waals surface area contributed by atoms with Gasteiger partial charge in [-0.1, -0.05) is 13.8 Å². The van der Waals surface area contributed by atoms with Crippen molar-refractivity contribution < 1.29 is 9.53 Å². The molecule has 5 heteroatoms. The predicted octanol–water partition coefficient (Wildman–Crippen LogP) is 0.0673. The summed E-state index contributed by atoms with van der Waals surface area (Å²) < 4.78 is 5.35. The van der Waals surface area contributed by atoms with Gasteiger partial charge in [-0.25, -0.2) is 0 Å². The van der Waals surface area contributed by atoms with E-state index in [1.165, 1.54) is 0 Å². The minimum atomic E-state index is 0.110. The van der Waals surface area contributed by atoms with Gasteiger partial charge in [0.25, 0.3) is 0 Å². The fourth-order valence-corrected chi connectivity index (χ4v) is 2.06. The van der Waals surface area contributed by atoms with Crippen LogP contribution in [0.2, 0.25) is 0 Å². The van der Waals surface area contributed by atoms with Gasteiger partial charge in [0.2, 0.25) is 5.91 Å². The Morgan fingerprint density at radius 3 is 2.72 bits per heavy atom. The first kappa shape index (κ1) is 15.4. The summed E-state index contributed by atoms with van der Waals surface area (Å²) in [6, 6.07) is 0.364. The zero-order chi connectivity index (χ0) is 13.5. The number of hydrogen-bond donors (Lipinski definition) is 2. The Balaban J connectivity index is 2.35. The van der Waals surface area contributed by atoms with Crippen molar-refractivity contribution >= 4 is 5.91 Å². The van der Waals surface area contributed by atoms with Crippen molar-refractivity contribution in [1.82, 2.24) is 15.5 Å². The molecule has 0 aliphatic carbocycles. The van der Waals surface area contributed by atoms with Crippen molar-refractivity contribution in [3.8, 4) is 0 Å². The highest BCUT2D eigenvalue weighted by atomic mass is 16.5. The van der Waals surface area contributed by atoms with E-state index in [1.807, 2.05) is 14.1 Å². The molecule has 0 spiro atoms. The average molecular weight is 257 g/mol. The number of amides is 1. The van der Waals surface area contributed by atoms with Crippen LogP contribution in [0.25, 0.3) is 0 Å². The number of hydrogen-bond acceptors (Lipinski definition) is 4. The van der Waals surface area contributed by atoms with Crippen molar-refractivity contribution in [2.75, 3.05) is 40.4 Å². The molecule has 0 aromatic heterocycles. The van der Waals surface area contributed by atoms with E-state index in [-0.39, 0.29) is 18.0 Å². The van der Waals surface area contributed by atoms with Gasteiger partial charge in [0, 0.05) is 31.6 Å². The Morgan fingerprint density at radius 1 is 1.50 bits per heavy atom. The summed E-state index contributed by atoms with van der Waals surface area (Å²) in [6.07, 6.45) is 0.497. The van der Waals surface area contributed by atoms with E-state index < -0.39 is 0 Å². The van der Waals surface area contributed by atoms with Crippen LogP contribution >= 0.6 is 0 Å². The molecule has 2 N–H and O–H groups in total. The number of carbonyl (C=O) groups is 1. The molecule has 0 aromatic rings. The van der Waals surface area contributed by atoms with Gasteiger partial charge in [0.1, 0.15) is 0 Å². The SMILES string of the molecule is CC(C)C(CN(C)C)NC(=O)CC1COCCN1. The van der Waals surface area contributed by atoms with Crippen molar-refractivity contribution in [1.29, 1.82) is 0 Å². The van der Waals surface area contributed by atoms with Crippen LogP contribution in [0.4, 0.5) is 0 Å². The smallest absolute Gasteiger partial charge is 0.221 e. The Bertz CT molecular complexity index is 251. The lowest BCUT2D eigenvalue weighted by Crippen LogP contribution is -2.49. The number of morpholine rings is 1. The molecule has 1 fully saturated rings. The van der Waals surface area contributed by atoms with E-state index in [0.717, 1.165) is 19.7 Å². The van der Waals surface area contributed by atoms with Crippen LogP contribution in [0.15, 0.2) is 0 Å². The van der Waals surface area contributed by atoms with Crippen LogP contribution in [-0.4, -0.2) is 63.3 Å². The largest absolute Gasteiger partial charge is 0.378 e. The number of nitrogens with zero attached hydrogens (tertiary/aromatic N) is 1. The Hall–Kier alpha value is -0.650. The second-order valence-electron chi connectivity index (χ2n) is 5.61. The van der Waals surface area contributed by atoms with E-state index in [4.69, 9.17) is 4.74 Å². The summed E-state index contributed by atoms with van der Waals surface area (Å²) in [6.45, 7) is 7.36. The Morgan fingerprint density at radius 2 is 2.22 bits per heavy atom. The molecule has 1 saturated heterocycles. The molecule has 0 aromatic carbocycles. The minimum Gasteiger partial charge on any atom is -0.378 e. The molecule has 1 amide bonds. The lowest BCUT2D eigenvalue weighted by Gasteiger charge is -2.28. The molecule has 0 bridgehead atoms. The lowest BCUT2D eigenvalue weighted by molar-refractivity contribution is -0.123. The second kappa shape index (κ2) is 7.71. The van der Waals surface area contributed by atoms with E-state index in [2.05, 4.69) is 29.4 Å². The number of nitrogens with one attached hydrogen (secondary N) is 2. The zero-order valence-electron chi connectivity index (χ0n) is 12.0. The maximum Gasteiger partial charge on any atom is 0.221 e. The maximum atomic E-state index is 12.0. The van der Waals surface area contributed by atoms with E-state index in [0.29, 0.717) is 18.9 Å². The third-order valence-corrected chi connectivity index (χ3v) is 3.14. The summed E-state index contributed by atoms with van der Waals surface area (Å²) in [5.74, 6) is 0.547. The van der Waals surface area contributed by atoms with Crippen LogP contribution in [0.3, 0.4) is 0 Å². The van der Waals surface area contributed by atoms with Crippen LogP contribution < -0.4 is 10.6 Å². The van der Waals surface area contributed by atoms with Crippen molar-refractivity contribution in [3.05, 3.63) is 0 Å². The van der Waals surface area contributed by atoms with Gasteiger partial charge >= 0.3 is 0 Å². The quantitative estimate of drug-likeness (QED) is 0.707. The molecule has 2 atom stereocenters. The van der Waals surface area contributed by atoms with E-state index in [1.54, 1.807) is 0 Å². The summed E-state index contributed by atoms with van der Waals surface area (Å²) in [7, 11) is 4.05. The first-order valence-electron chi connectivity index (χ1n) is 6.74. The van der Waals surface area contributed by atoms with Gasteiger partial charge in [-0.15, -0.1) is 0 Å². The average Bonchev–Trinajstić information content (AvgIpc) is 2.28.